The lowest BCUT2D eigenvalue weighted by Gasteiger charge is -2.28. The molecule has 0 spiro atoms. The molecule has 2 aromatic rings. The molecule has 108 valence electrons. The van der Waals surface area contributed by atoms with Crippen molar-refractivity contribution in [2.75, 3.05) is 5.43 Å². The summed E-state index contributed by atoms with van der Waals surface area (Å²) in [5.41, 5.74) is 4.58. The van der Waals surface area contributed by atoms with Crippen molar-refractivity contribution in [2.45, 2.75) is 26.7 Å². The van der Waals surface area contributed by atoms with E-state index in [2.05, 4.69) is 10.5 Å². The summed E-state index contributed by atoms with van der Waals surface area (Å²) in [5.74, 6) is -0.154. The third-order valence-electron chi connectivity index (χ3n) is 3.70. The minimum absolute atomic E-state index is 0.0847. The number of rotatable bonds is 2. The standard InChI is InChI=1S/C16H17N3O2/c1-16(2)8-13-12(14(20)9-16)10-17-19(13)18-15(21)11-6-4-3-5-7-11/h3-7,10H,8-9H2,1-2H3,(H,18,21). The van der Waals surface area contributed by atoms with Crippen LogP contribution in [0.1, 0.15) is 46.7 Å². The van der Waals surface area contributed by atoms with E-state index in [0.717, 1.165) is 5.69 Å². The molecule has 1 aliphatic rings. The fraction of sp³-hybridized carbons (Fsp3) is 0.312. The topological polar surface area (TPSA) is 64.0 Å². The van der Waals surface area contributed by atoms with Crippen molar-refractivity contribution < 1.29 is 9.59 Å². The van der Waals surface area contributed by atoms with Crippen LogP contribution in [0.2, 0.25) is 0 Å². The molecule has 0 fully saturated rings. The molecule has 1 aromatic carbocycles. The molecule has 0 saturated heterocycles. The van der Waals surface area contributed by atoms with Crippen LogP contribution in [0.4, 0.5) is 0 Å². The van der Waals surface area contributed by atoms with E-state index >= 15 is 0 Å². The Kier molecular flexibility index (Phi) is 3.12. The van der Waals surface area contributed by atoms with Gasteiger partial charge >= 0.3 is 0 Å². The van der Waals surface area contributed by atoms with Crippen molar-refractivity contribution >= 4 is 11.7 Å². The number of fused-ring (bicyclic) bond motifs is 1. The number of ketones is 1. The Bertz CT molecular complexity index is 702. The Labute approximate surface area is 122 Å². The molecular formula is C16H17N3O2. The monoisotopic (exact) mass is 283 g/mol. The minimum Gasteiger partial charge on any atom is -0.294 e. The lowest BCUT2D eigenvalue weighted by Crippen LogP contribution is -2.32. The van der Waals surface area contributed by atoms with Gasteiger partial charge in [-0.25, -0.2) is 5.43 Å². The number of hydrogen-bond donors (Lipinski definition) is 1. The van der Waals surface area contributed by atoms with Gasteiger partial charge < -0.3 is 0 Å². The predicted octanol–water partition coefficient (Wildman–Crippen LogP) is 2.42. The van der Waals surface area contributed by atoms with Gasteiger partial charge in [0.25, 0.3) is 5.91 Å². The third-order valence-corrected chi connectivity index (χ3v) is 3.70. The van der Waals surface area contributed by atoms with Crippen LogP contribution in [-0.2, 0) is 6.42 Å². The van der Waals surface area contributed by atoms with E-state index in [1.807, 2.05) is 19.9 Å². The van der Waals surface area contributed by atoms with Crippen molar-refractivity contribution in [1.29, 1.82) is 0 Å². The second kappa shape index (κ2) is 4.84. The molecule has 5 heteroatoms. The number of amides is 1. The number of benzene rings is 1. The lowest BCUT2D eigenvalue weighted by molar-refractivity contribution is 0.0906. The van der Waals surface area contributed by atoms with E-state index in [1.54, 1.807) is 24.3 Å². The highest BCUT2D eigenvalue weighted by atomic mass is 16.2. The number of carbonyl (C=O) groups is 2. The van der Waals surface area contributed by atoms with Gasteiger partial charge in [-0.15, -0.1) is 0 Å². The zero-order valence-corrected chi connectivity index (χ0v) is 12.1. The van der Waals surface area contributed by atoms with E-state index < -0.39 is 0 Å². The van der Waals surface area contributed by atoms with Crippen LogP contribution < -0.4 is 5.43 Å². The van der Waals surface area contributed by atoms with E-state index in [-0.39, 0.29) is 17.1 Å². The van der Waals surface area contributed by atoms with Gasteiger partial charge in [0.15, 0.2) is 5.78 Å². The van der Waals surface area contributed by atoms with Gasteiger partial charge in [0, 0.05) is 12.0 Å². The van der Waals surface area contributed by atoms with Crippen LogP contribution in [0, 0.1) is 5.41 Å². The molecule has 0 radical (unpaired) electrons. The number of nitrogens with zero attached hydrogens (tertiary/aromatic N) is 2. The van der Waals surface area contributed by atoms with Gasteiger partial charge in [-0.05, 0) is 24.0 Å². The van der Waals surface area contributed by atoms with Crippen molar-refractivity contribution in [1.82, 2.24) is 9.89 Å². The van der Waals surface area contributed by atoms with Crippen molar-refractivity contribution in [3.63, 3.8) is 0 Å². The second-order valence-corrected chi connectivity index (χ2v) is 6.16. The smallest absolute Gasteiger partial charge is 0.271 e. The Morgan fingerprint density at radius 1 is 1.24 bits per heavy atom. The molecule has 0 saturated carbocycles. The van der Waals surface area contributed by atoms with E-state index in [4.69, 9.17) is 0 Å². The first kappa shape index (κ1) is 13.5. The number of hydrogen-bond acceptors (Lipinski definition) is 3. The fourth-order valence-corrected chi connectivity index (χ4v) is 2.67. The molecule has 0 unspecified atom stereocenters. The summed E-state index contributed by atoms with van der Waals surface area (Å²) in [5, 5.41) is 4.14. The highest BCUT2D eigenvalue weighted by Gasteiger charge is 2.34. The predicted molar refractivity (Wildman–Crippen MR) is 78.8 cm³/mol. The third kappa shape index (κ3) is 2.59. The first-order valence-electron chi connectivity index (χ1n) is 6.93. The molecule has 0 atom stereocenters. The molecule has 1 N–H and O–H groups in total. The van der Waals surface area contributed by atoms with E-state index in [0.29, 0.717) is 24.0 Å². The van der Waals surface area contributed by atoms with Crippen molar-refractivity contribution in [3.8, 4) is 0 Å². The average molecular weight is 283 g/mol. The van der Waals surface area contributed by atoms with Crippen molar-refractivity contribution in [2.24, 2.45) is 5.41 Å². The molecule has 0 aliphatic heterocycles. The Balaban J connectivity index is 1.89. The number of aromatic nitrogens is 2. The molecule has 1 aliphatic carbocycles. The molecule has 5 nitrogen and oxygen atoms in total. The van der Waals surface area contributed by atoms with Crippen LogP contribution >= 0.6 is 0 Å². The number of nitrogens with one attached hydrogen (secondary N) is 1. The van der Waals surface area contributed by atoms with Gasteiger partial charge in [0.2, 0.25) is 0 Å². The number of carbonyl (C=O) groups excluding carboxylic acids is 2. The maximum Gasteiger partial charge on any atom is 0.271 e. The summed E-state index contributed by atoms with van der Waals surface area (Å²) < 4.78 is 0. The molecular weight excluding hydrogens is 266 g/mol. The normalized spacial score (nSPS) is 16.4. The summed E-state index contributed by atoms with van der Waals surface area (Å²) in [6, 6.07) is 8.94. The molecule has 0 bridgehead atoms. The molecule has 21 heavy (non-hydrogen) atoms. The van der Waals surface area contributed by atoms with Gasteiger partial charge in [0.1, 0.15) is 0 Å². The fourth-order valence-electron chi connectivity index (χ4n) is 2.67. The molecule has 1 aromatic heterocycles. The maximum absolute atomic E-state index is 12.2. The quantitative estimate of drug-likeness (QED) is 0.920. The zero-order chi connectivity index (χ0) is 15.0. The van der Waals surface area contributed by atoms with Crippen LogP contribution in [-0.4, -0.2) is 21.6 Å². The molecule has 1 heterocycles. The van der Waals surface area contributed by atoms with Crippen LogP contribution in [0.15, 0.2) is 36.5 Å². The Morgan fingerprint density at radius 3 is 2.67 bits per heavy atom. The Hall–Kier alpha value is -2.43. The Morgan fingerprint density at radius 2 is 1.95 bits per heavy atom. The number of Topliss-reactive ketones (excluding diaryl/α,β-unsaturated/α-hetero) is 1. The van der Waals surface area contributed by atoms with Gasteiger partial charge in [-0.2, -0.15) is 9.89 Å². The van der Waals surface area contributed by atoms with Crippen LogP contribution in [0.3, 0.4) is 0 Å². The van der Waals surface area contributed by atoms with Crippen molar-refractivity contribution in [3.05, 3.63) is 53.3 Å². The van der Waals surface area contributed by atoms with Crippen LogP contribution in [0.5, 0.6) is 0 Å². The first-order chi connectivity index (χ1) is 9.96. The van der Waals surface area contributed by atoms with Gasteiger partial charge in [0.05, 0.1) is 17.5 Å². The minimum atomic E-state index is -0.239. The first-order valence-corrected chi connectivity index (χ1v) is 6.93. The van der Waals surface area contributed by atoms with Crippen LogP contribution in [0.25, 0.3) is 0 Å². The molecule has 1 amide bonds. The highest BCUT2D eigenvalue weighted by molar-refractivity contribution is 6.01. The zero-order valence-electron chi connectivity index (χ0n) is 12.1. The van der Waals surface area contributed by atoms with E-state index in [9.17, 15) is 9.59 Å². The second-order valence-electron chi connectivity index (χ2n) is 6.16. The average Bonchev–Trinajstić information content (AvgIpc) is 2.81. The highest BCUT2D eigenvalue weighted by Crippen LogP contribution is 2.34. The van der Waals surface area contributed by atoms with Gasteiger partial charge in [-0.3, -0.25) is 9.59 Å². The summed E-state index contributed by atoms with van der Waals surface area (Å²) in [4.78, 5) is 25.7. The maximum atomic E-state index is 12.2. The largest absolute Gasteiger partial charge is 0.294 e. The SMILES string of the molecule is CC1(C)CC(=O)c2cnn(NC(=O)c3ccccc3)c2C1. The molecule has 3 rings (SSSR count). The summed E-state index contributed by atoms with van der Waals surface area (Å²) in [6.07, 6.45) is 2.76. The summed E-state index contributed by atoms with van der Waals surface area (Å²) in [6.45, 7) is 4.09. The lowest BCUT2D eigenvalue weighted by atomic mass is 9.76. The van der Waals surface area contributed by atoms with E-state index in [1.165, 1.54) is 11.0 Å². The summed E-state index contributed by atoms with van der Waals surface area (Å²) in [7, 11) is 0. The summed E-state index contributed by atoms with van der Waals surface area (Å²) >= 11 is 0. The van der Waals surface area contributed by atoms with Gasteiger partial charge in [-0.1, -0.05) is 32.0 Å².